The summed E-state index contributed by atoms with van der Waals surface area (Å²) in [6.07, 6.45) is 3.06. The van der Waals surface area contributed by atoms with Gasteiger partial charge in [-0.2, -0.15) is 0 Å². The van der Waals surface area contributed by atoms with Crippen molar-refractivity contribution in [3.05, 3.63) is 42.1 Å². The third-order valence-electron chi connectivity index (χ3n) is 1.13. The van der Waals surface area contributed by atoms with Gasteiger partial charge in [0.1, 0.15) is 0 Å². The van der Waals surface area contributed by atoms with E-state index in [1.54, 1.807) is 6.08 Å². The van der Waals surface area contributed by atoms with E-state index in [1.807, 2.05) is 30.3 Å². The predicted octanol–water partition coefficient (Wildman–Crippen LogP) is 1.91. The van der Waals surface area contributed by atoms with Crippen LogP contribution in [-0.4, -0.2) is 0 Å². The highest BCUT2D eigenvalue weighted by atomic mass is 14.9. The molecule has 1 aromatic rings. The second-order valence-corrected chi connectivity index (χ2v) is 1.84. The van der Waals surface area contributed by atoms with Gasteiger partial charge >= 0.3 is 0 Å². The maximum absolute atomic E-state index is 8.07. The quantitative estimate of drug-likeness (QED) is 0.549. The molecule has 49 valence electrons. The van der Waals surface area contributed by atoms with Crippen molar-refractivity contribution in [2.75, 3.05) is 0 Å². The predicted molar refractivity (Wildman–Crippen MR) is 40.0 cm³/mol. The molecule has 10 heavy (non-hydrogen) atoms. The minimum absolute atomic E-state index is 1.03. The Morgan fingerprint density at radius 2 is 1.90 bits per heavy atom. The van der Waals surface area contributed by atoms with Crippen molar-refractivity contribution in [2.24, 2.45) is 5.11 Å². The van der Waals surface area contributed by atoms with Gasteiger partial charge in [-0.3, -0.25) is 0 Å². The largest absolute Gasteiger partial charge is 0.137 e. The first-order chi connectivity index (χ1) is 4.93. The van der Waals surface area contributed by atoms with Crippen molar-refractivity contribution in [1.29, 1.82) is 0 Å². The number of benzene rings is 1. The summed E-state index contributed by atoms with van der Waals surface area (Å²) in [6, 6.07) is 9.66. The molecule has 0 aliphatic rings. The van der Waals surface area contributed by atoms with E-state index in [4.69, 9.17) is 5.53 Å². The first-order valence-electron chi connectivity index (χ1n) is 2.99. The Morgan fingerprint density at radius 3 is 2.50 bits per heavy atom. The summed E-state index contributed by atoms with van der Waals surface area (Å²) < 4.78 is 0. The van der Waals surface area contributed by atoms with Gasteiger partial charge in [-0.25, -0.2) is 0 Å². The average molecular weight is 131 g/mol. The van der Waals surface area contributed by atoms with Crippen LogP contribution in [0.15, 0.2) is 41.6 Å². The Hall–Kier alpha value is -1.44. The van der Waals surface area contributed by atoms with Crippen LogP contribution in [0, 0.1) is 0 Å². The van der Waals surface area contributed by atoms with Crippen molar-refractivity contribution in [1.82, 2.24) is 5.53 Å². The molecule has 1 radical (unpaired) electrons. The Bertz CT molecular complexity index is 226. The lowest BCUT2D eigenvalue weighted by Gasteiger charge is -1.86. The van der Waals surface area contributed by atoms with Crippen LogP contribution in [0.5, 0.6) is 0 Å². The number of hydrogen-bond acceptors (Lipinski definition) is 1. The molecule has 1 aromatic carbocycles. The van der Waals surface area contributed by atoms with E-state index in [0.717, 1.165) is 5.56 Å². The molecule has 0 unspecified atom stereocenters. The van der Waals surface area contributed by atoms with E-state index in [1.165, 1.54) is 6.20 Å². The molecule has 0 aliphatic heterocycles. The number of nitrogens with zero attached hydrogens (tertiary/aromatic N) is 2. The molecule has 1 rings (SSSR count). The molecule has 0 amide bonds. The molecule has 0 bridgehead atoms. The molecule has 0 spiro atoms. The molecular formula is C8H7N2. The van der Waals surface area contributed by atoms with Crippen molar-refractivity contribution < 1.29 is 0 Å². The lowest BCUT2D eigenvalue weighted by molar-refractivity contribution is 1.31. The zero-order valence-corrected chi connectivity index (χ0v) is 5.44. The third kappa shape index (κ3) is 1.82. The highest BCUT2D eigenvalue weighted by Crippen LogP contribution is 1.99. The molecule has 0 N–H and O–H groups in total. The molecule has 0 atom stereocenters. The second kappa shape index (κ2) is 3.56. The molecule has 0 aliphatic carbocycles. The average Bonchev–Trinajstić information content (AvgIpc) is 2.03. The summed E-state index contributed by atoms with van der Waals surface area (Å²) in [7, 11) is 0. The summed E-state index contributed by atoms with van der Waals surface area (Å²) in [4.78, 5) is 0. The SMILES string of the molecule is [N]=N/C=C/c1ccccc1. The van der Waals surface area contributed by atoms with Gasteiger partial charge in [0.25, 0.3) is 0 Å². The van der Waals surface area contributed by atoms with Gasteiger partial charge in [-0.15, -0.1) is 5.11 Å². The number of rotatable bonds is 2. The highest BCUT2D eigenvalue weighted by Gasteiger charge is 1.79. The molecule has 0 aromatic heterocycles. The van der Waals surface area contributed by atoms with Gasteiger partial charge in [-0.05, 0) is 17.2 Å². The van der Waals surface area contributed by atoms with Crippen molar-refractivity contribution in [3.8, 4) is 0 Å². The minimum atomic E-state index is 1.03. The van der Waals surface area contributed by atoms with Crippen LogP contribution in [0.1, 0.15) is 5.56 Å². The Labute approximate surface area is 59.7 Å². The van der Waals surface area contributed by atoms with E-state index >= 15 is 0 Å². The van der Waals surface area contributed by atoms with Gasteiger partial charge in [0.15, 0.2) is 0 Å². The van der Waals surface area contributed by atoms with Gasteiger partial charge in [0.2, 0.25) is 0 Å². The summed E-state index contributed by atoms with van der Waals surface area (Å²) in [6.45, 7) is 0. The summed E-state index contributed by atoms with van der Waals surface area (Å²) in [5.74, 6) is 0. The zero-order chi connectivity index (χ0) is 7.23. The fourth-order valence-electron chi connectivity index (χ4n) is 0.684. The van der Waals surface area contributed by atoms with E-state index < -0.39 is 0 Å². The molecule has 0 heterocycles. The fraction of sp³-hybridized carbons (Fsp3) is 0. The first-order valence-corrected chi connectivity index (χ1v) is 2.99. The van der Waals surface area contributed by atoms with Gasteiger partial charge in [0.05, 0.1) is 6.20 Å². The lowest BCUT2D eigenvalue weighted by atomic mass is 10.2. The minimum Gasteiger partial charge on any atom is -0.137 e. The Balaban J connectivity index is 2.76. The third-order valence-corrected chi connectivity index (χ3v) is 1.13. The standard InChI is InChI=1S/C8H7N2/c9-10-7-6-8-4-2-1-3-5-8/h1-7H/b7-6+. The van der Waals surface area contributed by atoms with Crippen LogP contribution in [0.25, 0.3) is 6.08 Å². The van der Waals surface area contributed by atoms with Crippen LogP contribution < -0.4 is 5.53 Å². The zero-order valence-electron chi connectivity index (χ0n) is 5.44. The van der Waals surface area contributed by atoms with Crippen LogP contribution in [0.2, 0.25) is 0 Å². The van der Waals surface area contributed by atoms with E-state index in [-0.39, 0.29) is 0 Å². The molecule has 2 heteroatoms. The fourth-order valence-corrected chi connectivity index (χ4v) is 0.684. The Morgan fingerprint density at radius 1 is 1.20 bits per heavy atom. The van der Waals surface area contributed by atoms with Crippen LogP contribution in [-0.2, 0) is 0 Å². The highest BCUT2D eigenvalue weighted by molar-refractivity contribution is 5.48. The Kier molecular flexibility index (Phi) is 2.38. The molecule has 0 fully saturated rings. The monoisotopic (exact) mass is 131 g/mol. The normalized spacial score (nSPS) is 10.0. The van der Waals surface area contributed by atoms with Crippen LogP contribution >= 0.6 is 0 Å². The second-order valence-electron chi connectivity index (χ2n) is 1.84. The molecule has 0 saturated heterocycles. The van der Waals surface area contributed by atoms with Gasteiger partial charge in [-0.1, -0.05) is 30.3 Å². The van der Waals surface area contributed by atoms with Crippen molar-refractivity contribution in [3.63, 3.8) is 0 Å². The topological polar surface area (TPSA) is 34.7 Å². The maximum Gasteiger partial charge on any atom is 0.0520 e. The van der Waals surface area contributed by atoms with E-state index in [9.17, 15) is 0 Å². The summed E-state index contributed by atoms with van der Waals surface area (Å²) in [5.41, 5.74) is 9.09. The van der Waals surface area contributed by atoms with Gasteiger partial charge in [0, 0.05) is 0 Å². The smallest absolute Gasteiger partial charge is 0.0520 e. The van der Waals surface area contributed by atoms with Crippen LogP contribution in [0.3, 0.4) is 0 Å². The summed E-state index contributed by atoms with van der Waals surface area (Å²) >= 11 is 0. The van der Waals surface area contributed by atoms with E-state index in [0.29, 0.717) is 0 Å². The van der Waals surface area contributed by atoms with Crippen LogP contribution in [0.4, 0.5) is 0 Å². The maximum atomic E-state index is 8.07. The molecule has 0 saturated carbocycles. The molecule has 2 nitrogen and oxygen atoms in total. The number of hydrogen-bond donors (Lipinski definition) is 0. The van der Waals surface area contributed by atoms with Gasteiger partial charge < -0.3 is 0 Å². The van der Waals surface area contributed by atoms with Crippen molar-refractivity contribution in [2.45, 2.75) is 0 Å². The first kappa shape index (κ1) is 6.68. The molecular weight excluding hydrogens is 124 g/mol. The summed E-state index contributed by atoms with van der Waals surface area (Å²) in [5, 5.41) is 2.85. The van der Waals surface area contributed by atoms with E-state index in [2.05, 4.69) is 5.11 Å². The lowest BCUT2D eigenvalue weighted by Crippen LogP contribution is -1.66. The van der Waals surface area contributed by atoms with Crippen molar-refractivity contribution >= 4 is 6.08 Å².